The summed E-state index contributed by atoms with van der Waals surface area (Å²) in [5.41, 5.74) is 0. The molecular weight excluding hydrogens is 244 g/mol. The van der Waals surface area contributed by atoms with E-state index in [2.05, 4.69) is 4.74 Å². The zero-order valence-corrected chi connectivity index (χ0v) is 11.6. The van der Waals surface area contributed by atoms with E-state index in [9.17, 15) is 9.59 Å². The second-order valence-electron chi connectivity index (χ2n) is 3.94. The topological polar surface area (TPSA) is 71.1 Å². The first-order valence-electron chi connectivity index (χ1n) is 5.42. The lowest BCUT2D eigenvalue weighted by molar-refractivity contribution is -0.153. The molecule has 1 fully saturated rings. The zero-order valence-electron chi connectivity index (χ0n) is 10.6. The van der Waals surface area contributed by atoms with Crippen LogP contribution < -0.4 is 0 Å². The fourth-order valence-electron chi connectivity index (χ4n) is 2.40. The monoisotopic (exact) mass is 262 g/mol. The number of carbonyl (C=O) groups is 2. The first-order chi connectivity index (χ1) is 8.01. The van der Waals surface area contributed by atoms with Crippen molar-refractivity contribution < 1.29 is 27.6 Å². The molecule has 0 saturated carbocycles. The lowest BCUT2D eigenvalue weighted by Crippen LogP contribution is -2.56. The van der Waals surface area contributed by atoms with Crippen molar-refractivity contribution >= 4 is 20.7 Å². The fourth-order valence-corrected chi connectivity index (χ4v) is 5.29. The van der Waals surface area contributed by atoms with E-state index in [1.807, 2.05) is 6.92 Å². The quantitative estimate of drug-likeness (QED) is 0.402. The molecule has 0 N–H and O–H groups in total. The van der Waals surface area contributed by atoms with Gasteiger partial charge in [-0.2, -0.15) is 0 Å². The van der Waals surface area contributed by atoms with Crippen LogP contribution in [-0.2, 0) is 27.6 Å². The molecule has 6 nitrogen and oxygen atoms in total. The molecule has 1 aliphatic heterocycles. The molecule has 1 heterocycles. The standard InChI is InChI=1S/C10H18O6Si/c1-5-6-10(7-8(11)16-9(10)12)17(13-2,14-3)15-4/h5-7H2,1-4H3. The molecule has 0 aromatic heterocycles. The molecule has 0 spiro atoms. The van der Waals surface area contributed by atoms with Crippen molar-refractivity contribution in [1.82, 2.24) is 0 Å². The minimum absolute atomic E-state index is 0.0403. The summed E-state index contributed by atoms with van der Waals surface area (Å²) in [5, 5.41) is -1.10. The van der Waals surface area contributed by atoms with Crippen LogP contribution in [0.1, 0.15) is 26.2 Å². The van der Waals surface area contributed by atoms with Gasteiger partial charge in [-0.1, -0.05) is 13.3 Å². The van der Waals surface area contributed by atoms with Gasteiger partial charge in [0.05, 0.1) is 6.42 Å². The highest BCUT2D eigenvalue weighted by Crippen LogP contribution is 2.51. The number of cyclic esters (lactones) is 2. The van der Waals surface area contributed by atoms with Crippen molar-refractivity contribution in [2.75, 3.05) is 21.3 Å². The third-order valence-corrected chi connectivity index (χ3v) is 6.53. The van der Waals surface area contributed by atoms with Gasteiger partial charge in [0.2, 0.25) is 0 Å². The van der Waals surface area contributed by atoms with E-state index in [0.29, 0.717) is 12.8 Å². The van der Waals surface area contributed by atoms with Crippen molar-refractivity contribution in [3.05, 3.63) is 0 Å². The van der Waals surface area contributed by atoms with Crippen molar-refractivity contribution in [3.8, 4) is 0 Å². The van der Waals surface area contributed by atoms with E-state index in [-0.39, 0.29) is 6.42 Å². The van der Waals surface area contributed by atoms with E-state index >= 15 is 0 Å². The van der Waals surface area contributed by atoms with Crippen LogP contribution in [-0.4, -0.2) is 42.1 Å². The minimum Gasteiger partial charge on any atom is -0.393 e. The van der Waals surface area contributed by atoms with Crippen LogP contribution in [0.3, 0.4) is 0 Å². The molecule has 0 amide bonds. The Balaban J connectivity index is 3.23. The van der Waals surface area contributed by atoms with Crippen molar-refractivity contribution in [2.24, 2.45) is 0 Å². The van der Waals surface area contributed by atoms with Crippen LogP contribution in [0.25, 0.3) is 0 Å². The summed E-state index contributed by atoms with van der Waals surface area (Å²) in [6, 6.07) is 0. The van der Waals surface area contributed by atoms with Gasteiger partial charge in [-0.05, 0) is 6.42 Å². The van der Waals surface area contributed by atoms with E-state index < -0.39 is 25.8 Å². The van der Waals surface area contributed by atoms with Crippen molar-refractivity contribution in [1.29, 1.82) is 0 Å². The summed E-state index contributed by atoms with van der Waals surface area (Å²) in [7, 11) is 1.01. The van der Waals surface area contributed by atoms with Gasteiger partial charge in [0.15, 0.2) is 0 Å². The minimum atomic E-state index is -3.26. The van der Waals surface area contributed by atoms with E-state index in [1.54, 1.807) is 0 Å². The maximum Gasteiger partial charge on any atom is 0.518 e. The first kappa shape index (κ1) is 14.3. The summed E-state index contributed by atoms with van der Waals surface area (Å²) in [5.74, 6) is -1.15. The molecule has 0 radical (unpaired) electrons. The predicted molar refractivity (Wildman–Crippen MR) is 60.1 cm³/mol. The smallest absolute Gasteiger partial charge is 0.393 e. The van der Waals surface area contributed by atoms with Crippen LogP contribution in [0, 0.1) is 0 Å². The van der Waals surface area contributed by atoms with Crippen LogP contribution in [0.15, 0.2) is 0 Å². The molecule has 98 valence electrons. The van der Waals surface area contributed by atoms with Gasteiger partial charge in [-0.25, -0.2) is 0 Å². The summed E-state index contributed by atoms with van der Waals surface area (Å²) in [6.07, 6.45) is 1.11. The maximum absolute atomic E-state index is 12.0. The van der Waals surface area contributed by atoms with Gasteiger partial charge in [-0.15, -0.1) is 0 Å². The molecule has 1 rings (SSSR count). The van der Waals surface area contributed by atoms with Crippen LogP contribution in [0.4, 0.5) is 0 Å². The number of hydrogen-bond donors (Lipinski definition) is 0. The summed E-state index contributed by atoms with van der Waals surface area (Å²) in [6.45, 7) is 1.91. The zero-order chi connectivity index (χ0) is 13.1. The average Bonchev–Trinajstić information content (AvgIpc) is 2.59. The molecule has 17 heavy (non-hydrogen) atoms. The largest absolute Gasteiger partial charge is 0.518 e. The molecule has 0 bridgehead atoms. The Hall–Kier alpha value is -0.763. The molecule has 7 heteroatoms. The Kier molecular flexibility index (Phi) is 4.42. The highest BCUT2D eigenvalue weighted by atomic mass is 28.4. The van der Waals surface area contributed by atoms with Crippen molar-refractivity contribution in [3.63, 3.8) is 0 Å². The van der Waals surface area contributed by atoms with Gasteiger partial charge in [-0.3, -0.25) is 9.59 Å². The molecule has 0 aliphatic carbocycles. The predicted octanol–water partition coefficient (Wildman–Crippen LogP) is 0.878. The number of esters is 2. The number of hydrogen-bond acceptors (Lipinski definition) is 6. The van der Waals surface area contributed by atoms with Crippen molar-refractivity contribution in [2.45, 2.75) is 31.2 Å². The van der Waals surface area contributed by atoms with Gasteiger partial charge < -0.3 is 18.0 Å². The Morgan fingerprint density at radius 2 is 1.76 bits per heavy atom. The first-order valence-corrected chi connectivity index (χ1v) is 7.15. The molecule has 1 saturated heterocycles. The second kappa shape index (κ2) is 5.26. The van der Waals surface area contributed by atoms with Gasteiger partial charge in [0.1, 0.15) is 5.04 Å². The SMILES string of the molecule is CCCC1([Si](OC)(OC)OC)CC(=O)OC1=O. The van der Waals surface area contributed by atoms with E-state index in [1.165, 1.54) is 21.3 Å². The van der Waals surface area contributed by atoms with Gasteiger partial charge in [0, 0.05) is 21.3 Å². The number of ether oxygens (including phenoxy) is 1. The number of rotatable bonds is 6. The van der Waals surface area contributed by atoms with E-state index in [0.717, 1.165) is 0 Å². The second-order valence-corrected chi connectivity index (χ2v) is 7.23. The average molecular weight is 262 g/mol. The third kappa shape index (κ3) is 2.03. The normalized spacial score (nSPS) is 25.2. The lowest BCUT2D eigenvalue weighted by atomic mass is 10.0. The van der Waals surface area contributed by atoms with Crippen LogP contribution in [0.2, 0.25) is 5.04 Å². The molecule has 1 unspecified atom stereocenters. The summed E-state index contributed by atoms with van der Waals surface area (Å²) in [4.78, 5) is 23.3. The van der Waals surface area contributed by atoms with E-state index in [4.69, 9.17) is 13.3 Å². The number of carbonyl (C=O) groups excluding carboxylic acids is 2. The molecule has 0 aromatic carbocycles. The summed E-state index contributed by atoms with van der Waals surface area (Å²) >= 11 is 0. The maximum atomic E-state index is 12.0. The highest BCUT2D eigenvalue weighted by Gasteiger charge is 2.69. The Labute approximate surface area is 102 Å². The Morgan fingerprint density at radius 1 is 1.24 bits per heavy atom. The van der Waals surface area contributed by atoms with Gasteiger partial charge in [0.25, 0.3) is 0 Å². The molecule has 0 aromatic rings. The Morgan fingerprint density at radius 3 is 2.06 bits per heavy atom. The highest BCUT2D eigenvalue weighted by molar-refractivity contribution is 6.69. The lowest BCUT2D eigenvalue weighted by Gasteiger charge is -2.37. The third-order valence-electron chi connectivity index (χ3n) is 3.11. The van der Waals surface area contributed by atoms with Crippen LogP contribution in [0.5, 0.6) is 0 Å². The fraction of sp³-hybridized carbons (Fsp3) is 0.800. The van der Waals surface area contributed by atoms with Gasteiger partial charge >= 0.3 is 20.7 Å². The molecule has 1 atom stereocenters. The van der Waals surface area contributed by atoms with Crippen LogP contribution >= 0.6 is 0 Å². The molecule has 1 aliphatic rings. The Bertz CT molecular complexity index is 306. The summed E-state index contributed by atoms with van der Waals surface area (Å²) < 4.78 is 20.7. The molecular formula is C10H18O6Si.